The van der Waals surface area contributed by atoms with E-state index in [-0.39, 0.29) is 11.7 Å². The Labute approximate surface area is 112 Å². The largest absolute Gasteiger partial charge is 0.383 e. The van der Waals surface area contributed by atoms with Crippen molar-refractivity contribution in [2.45, 2.75) is 6.54 Å². The predicted octanol–water partition coefficient (Wildman–Crippen LogP) is 1.09. The highest BCUT2D eigenvalue weighted by atomic mass is 79.9. The molecule has 0 fully saturated rings. The van der Waals surface area contributed by atoms with Gasteiger partial charge in [-0.25, -0.2) is 4.98 Å². The molecule has 0 radical (unpaired) electrons. The fourth-order valence-electron chi connectivity index (χ4n) is 1.47. The molecular weight excluding hydrogens is 298 g/mol. The predicted molar refractivity (Wildman–Crippen MR) is 70.7 cm³/mol. The smallest absolute Gasteiger partial charge is 0.255 e. The molecule has 2 heterocycles. The number of aromatic nitrogens is 3. The Morgan fingerprint density at radius 1 is 1.56 bits per heavy atom. The standard InChI is InChI=1S/C11H12BrN5O/c1-17-6-7(4-16-17)3-15-11(18)9-2-8(12)5-14-10(9)13/h2,4-6H,3H2,1H3,(H2,13,14)(H,15,18). The lowest BCUT2D eigenvalue weighted by Gasteiger charge is -2.06. The summed E-state index contributed by atoms with van der Waals surface area (Å²) in [6.45, 7) is 0.401. The molecule has 0 spiro atoms. The molecule has 0 bridgehead atoms. The van der Waals surface area contributed by atoms with Crippen LogP contribution in [0.2, 0.25) is 0 Å². The zero-order valence-electron chi connectivity index (χ0n) is 9.72. The van der Waals surface area contributed by atoms with E-state index in [0.29, 0.717) is 16.6 Å². The van der Waals surface area contributed by atoms with Gasteiger partial charge in [0.25, 0.3) is 5.91 Å². The van der Waals surface area contributed by atoms with Crippen LogP contribution >= 0.6 is 15.9 Å². The molecule has 0 aromatic carbocycles. The molecule has 0 unspecified atom stereocenters. The lowest BCUT2D eigenvalue weighted by Crippen LogP contribution is -2.24. The second-order valence-electron chi connectivity index (χ2n) is 3.79. The molecule has 0 atom stereocenters. The summed E-state index contributed by atoms with van der Waals surface area (Å²) in [6.07, 6.45) is 5.08. The quantitative estimate of drug-likeness (QED) is 0.888. The molecule has 2 aromatic rings. The second-order valence-corrected chi connectivity index (χ2v) is 4.71. The van der Waals surface area contributed by atoms with Gasteiger partial charge in [0.05, 0.1) is 11.8 Å². The number of halogens is 1. The minimum atomic E-state index is -0.259. The fraction of sp³-hybridized carbons (Fsp3) is 0.182. The van der Waals surface area contributed by atoms with Crippen LogP contribution in [0.25, 0.3) is 0 Å². The van der Waals surface area contributed by atoms with Crippen LogP contribution < -0.4 is 11.1 Å². The van der Waals surface area contributed by atoms with Crippen molar-refractivity contribution in [1.29, 1.82) is 0 Å². The van der Waals surface area contributed by atoms with Gasteiger partial charge in [-0.1, -0.05) is 0 Å². The molecule has 18 heavy (non-hydrogen) atoms. The van der Waals surface area contributed by atoms with E-state index in [0.717, 1.165) is 5.56 Å². The Morgan fingerprint density at radius 2 is 2.33 bits per heavy atom. The third-order valence-corrected chi connectivity index (χ3v) is 2.77. The number of carbonyl (C=O) groups is 1. The van der Waals surface area contributed by atoms with E-state index in [9.17, 15) is 4.79 Å². The van der Waals surface area contributed by atoms with Crippen molar-refractivity contribution < 1.29 is 4.79 Å². The zero-order valence-corrected chi connectivity index (χ0v) is 11.3. The number of carbonyl (C=O) groups excluding carboxylic acids is 1. The molecule has 94 valence electrons. The summed E-state index contributed by atoms with van der Waals surface area (Å²) >= 11 is 3.25. The van der Waals surface area contributed by atoms with Crippen molar-refractivity contribution in [3.8, 4) is 0 Å². The maximum Gasteiger partial charge on any atom is 0.255 e. The summed E-state index contributed by atoms with van der Waals surface area (Å²) in [5, 5.41) is 6.78. The molecular formula is C11H12BrN5O. The molecule has 2 aromatic heterocycles. The third-order valence-electron chi connectivity index (χ3n) is 2.34. The Hall–Kier alpha value is -1.89. The monoisotopic (exact) mass is 309 g/mol. The summed E-state index contributed by atoms with van der Waals surface area (Å²) in [6, 6.07) is 1.64. The van der Waals surface area contributed by atoms with Crippen LogP contribution in [-0.4, -0.2) is 20.7 Å². The lowest BCUT2D eigenvalue weighted by atomic mass is 10.2. The number of hydrogen-bond acceptors (Lipinski definition) is 4. The van der Waals surface area contributed by atoms with Gasteiger partial charge in [0.1, 0.15) is 5.82 Å². The van der Waals surface area contributed by atoms with Gasteiger partial charge in [-0.2, -0.15) is 5.10 Å². The van der Waals surface area contributed by atoms with Crippen molar-refractivity contribution >= 4 is 27.7 Å². The SMILES string of the molecule is Cn1cc(CNC(=O)c2cc(Br)cnc2N)cn1. The van der Waals surface area contributed by atoms with Crippen molar-refractivity contribution in [2.24, 2.45) is 7.05 Å². The van der Waals surface area contributed by atoms with Crippen molar-refractivity contribution in [2.75, 3.05) is 5.73 Å². The summed E-state index contributed by atoms with van der Waals surface area (Å²) < 4.78 is 2.39. The van der Waals surface area contributed by atoms with Gasteiger partial charge in [-0.05, 0) is 22.0 Å². The Bertz CT molecular complexity index is 581. The van der Waals surface area contributed by atoms with E-state index in [1.807, 2.05) is 13.2 Å². The van der Waals surface area contributed by atoms with Gasteiger partial charge in [0, 0.05) is 36.0 Å². The van der Waals surface area contributed by atoms with E-state index >= 15 is 0 Å². The number of pyridine rings is 1. The molecule has 1 amide bonds. The average Bonchev–Trinajstić information content (AvgIpc) is 2.75. The van der Waals surface area contributed by atoms with Crippen LogP contribution in [0.15, 0.2) is 29.1 Å². The number of nitrogen functional groups attached to an aromatic ring is 1. The van der Waals surface area contributed by atoms with Crippen molar-refractivity contribution in [3.63, 3.8) is 0 Å². The number of amides is 1. The zero-order chi connectivity index (χ0) is 13.1. The highest BCUT2D eigenvalue weighted by Gasteiger charge is 2.11. The molecule has 0 aliphatic rings. The molecule has 0 aliphatic carbocycles. The first-order chi connectivity index (χ1) is 8.56. The topological polar surface area (TPSA) is 85.8 Å². The number of hydrogen-bond donors (Lipinski definition) is 2. The Balaban J connectivity index is 2.05. The van der Waals surface area contributed by atoms with Gasteiger partial charge < -0.3 is 11.1 Å². The average molecular weight is 310 g/mol. The number of nitrogens with zero attached hydrogens (tertiary/aromatic N) is 3. The van der Waals surface area contributed by atoms with E-state index in [4.69, 9.17) is 5.73 Å². The maximum absolute atomic E-state index is 11.9. The van der Waals surface area contributed by atoms with Crippen LogP contribution in [0, 0.1) is 0 Å². The first-order valence-electron chi connectivity index (χ1n) is 5.23. The molecule has 0 saturated heterocycles. The summed E-state index contributed by atoms with van der Waals surface area (Å²) in [5.41, 5.74) is 6.93. The minimum Gasteiger partial charge on any atom is -0.383 e. The Morgan fingerprint density at radius 3 is 3.00 bits per heavy atom. The first kappa shape index (κ1) is 12.6. The highest BCUT2D eigenvalue weighted by molar-refractivity contribution is 9.10. The highest BCUT2D eigenvalue weighted by Crippen LogP contribution is 2.15. The third kappa shape index (κ3) is 2.86. The van der Waals surface area contributed by atoms with Crippen LogP contribution in [0.3, 0.4) is 0 Å². The maximum atomic E-state index is 11.9. The van der Waals surface area contributed by atoms with Gasteiger partial charge in [-0.15, -0.1) is 0 Å². The van der Waals surface area contributed by atoms with Crippen LogP contribution in [0.4, 0.5) is 5.82 Å². The lowest BCUT2D eigenvalue weighted by molar-refractivity contribution is 0.0951. The molecule has 0 aliphatic heterocycles. The van der Waals surface area contributed by atoms with Gasteiger partial charge in [-0.3, -0.25) is 9.48 Å². The van der Waals surface area contributed by atoms with Crippen molar-refractivity contribution in [3.05, 3.63) is 40.3 Å². The number of nitrogens with two attached hydrogens (primary N) is 1. The summed E-state index contributed by atoms with van der Waals surface area (Å²) in [5.74, 6) is -0.0490. The minimum absolute atomic E-state index is 0.210. The number of anilines is 1. The van der Waals surface area contributed by atoms with Crippen LogP contribution in [-0.2, 0) is 13.6 Å². The van der Waals surface area contributed by atoms with E-state index in [1.54, 1.807) is 23.1 Å². The van der Waals surface area contributed by atoms with E-state index < -0.39 is 0 Å². The second kappa shape index (κ2) is 5.18. The Kier molecular flexibility index (Phi) is 3.61. The van der Waals surface area contributed by atoms with Crippen LogP contribution in [0.5, 0.6) is 0 Å². The number of rotatable bonds is 3. The molecule has 0 saturated carbocycles. The first-order valence-corrected chi connectivity index (χ1v) is 6.02. The number of nitrogens with one attached hydrogen (secondary N) is 1. The van der Waals surface area contributed by atoms with Gasteiger partial charge in [0.2, 0.25) is 0 Å². The molecule has 7 heteroatoms. The molecule has 2 rings (SSSR count). The van der Waals surface area contributed by atoms with Gasteiger partial charge in [0.15, 0.2) is 0 Å². The summed E-state index contributed by atoms with van der Waals surface area (Å²) in [4.78, 5) is 15.8. The van der Waals surface area contributed by atoms with E-state index in [1.165, 1.54) is 0 Å². The van der Waals surface area contributed by atoms with Gasteiger partial charge >= 0.3 is 0 Å². The van der Waals surface area contributed by atoms with E-state index in [2.05, 4.69) is 31.3 Å². The molecule has 6 nitrogen and oxygen atoms in total. The molecule has 3 N–H and O–H groups in total. The number of aryl methyl sites for hydroxylation is 1. The summed E-state index contributed by atoms with van der Waals surface area (Å²) in [7, 11) is 1.82. The van der Waals surface area contributed by atoms with Crippen molar-refractivity contribution in [1.82, 2.24) is 20.1 Å². The normalized spacial score (nSPS) is 10.3. The fourth-order valence-corrected chi connectivity index (χ4v) is 1.80. The van der Waals surface area contributed by atoms with Crippen LogP contribution in [0.1, 0.15) is 15.9 Å².